The van der Waals surface area contributed by atoms with E-state index in [0.29, 0.717) is 5.56 Å². The average molecular weight is 356 g/mol. The first-order chi connectivity index (χ1) is 11.2. The van der Waals surface area contributed by atoms with Gasteiger partial charge in [-0.3, -0.25) is 14.4 Å². The molecule has 0 bridgehead atoms. The van der Waals surface area contributed by atoms with Crippen LogP contribution >= 0.6 is 0 Å². The van der Waals surface area contributed by atoms with Gasteiger partial charge in [-0.05, 0) is 31.5 Å². The molecule has 0 saturated heterocycles. The second-order valence-electron chi connectivity index (χ2n) is 4.98. The molecule has 0 radical (unpaired) electrons. The number of halogens is 2. The molecule has 0 aliphatic carbocycles. The van der Waals surface area contributed by atoms with E-state index in [1.807, 2.05) is 0 Å². The van der Waals surface area contributed by atoms with Crippen LogP contribution in [0, 0.1) is 28.7 Å². The fraction of sp³-hybridized carbons (Fsp3) is 0.200. The van der Waals surface area contributed by atoms with Gasteiger partial charge in [0, 0.05) is 24.7 Å². The number of hydrogen-bond donors (Lipinski definition) is 0. The van der Waals surface area contributed by atoms with Crippen molar-refractivity contribution in [1.29, 1.82) is 0 Å². The van der Waals surface area contributed by atoms with E-state index in [4.69, 9.17) is 0 Å². The second kappa shape index (κ2) is 6.52. The van der Waals surface area contributed by atoms with Crippen molar-refractivity contribution in [3.05, 3.63) is 63.7 Å². The van der Waals surface area contributed by atoms with E-state index in [9.17, 15) is 27.3 Å². The lowest BCUT2D eigenvalue weighted by Gasteiger charge is -2.23. The van der Waals surface area contributed by atoms with Crippen LogP contribution in [0.2, 0.25) is 0 Å². The Balaban J connectivity index is 2.60. The molecule has 0 atom stereocenters. The van der Waals surface area contributed by atoms with Crippen LogP contribution in [0.25, 0.3) is 0 Å². The molecule has 9 heteroatoms. The van der Waals surface area contributed by atoms with Crippen molar-refractivity contribution >= 4 is 21.4 Å². The molecule has 0 spiro atoms. The van der Waals surface area contributed by atoms with Gasteiger partial charge in [0.2, 0.25) is 0 Å². The molecule has 0 aromatic heterocycles. The van der Waals surface area contributed by atoms with Crippen molar-refractivity contribution in [3.8, 4) is 0 Å². The molecule has 2 aromatic rings. The number of anilines is 1. The van der Waals surface area contributed by atoms with Crippen LogP contribution < -0.4 is 4.31 Å². The van der Waals surface area contributed by atoms with Crippen LogP contribution in [0.15, 0.2) is 41.3 Å². The summed E-state index contributed by atoms with van der Waals surface area (Å²) in [5, 5.41) is 10.9. The van der Waals surface area contributed by atoms with Gasteiger partial charge in [-0.15, -0.1) is 0 Å². The van der Waals surface area contributed by atoms with Gasteiger partial charge in [0.25, 0.3) is 15.7 Å². The average Bonchev–Trinajstić information content (AvgIpc) is 2.51. The molecule has 0 saturated carbocycles. The number of benzene rings is 2. The van der Waals surface area contributed by atoms with E-state index in [2.05, 4.69) is 0 Å². The molecule has 2 rings (SSSR count). The Morgan fingerprint density at radius 1 is 1.12 bits per heavy atom. The molecule has 24 heavy (non-hydrogen) atoms. The summed E-state index contributed by atoms with van der Waals surface area (Å²) < 4.78 is 53.1. The predicted molar refractivity (Wildman–Crippen MR) is 84.4 cm³/mol. The fourth-order valence-corrected chi connectivity index (χ4v) is 3.94. The highest BCUT2D eigenvalue weighted by Crippen LogP contribution is 2.29. The normalized spacial score (nSPS) is 11.3. The molecule has 0 aliphatic heterocycles. The van der Waals surface area contributed by atoms with Gasteiger partial charge in [0.15, 0.2) is 11.6 Å². The summed E-state index contributed by atoms with van der Waals surface area (Å²) in [4.78, 5) is 9.93. The van der Waals surface area contributed by atoms with E-state index < -0.39 is 26.6 Å². The van der Waals surface area contributed by atoms with Crippen molar-refractivity contribution in [2.45, 2.75) is 18.7 Å². The largest absolute Gasteiger partial charge is 0.270 e. The third-order valence-electron chi connectivity index (χ3n) is 3.43. The third-order valence-corrected chi connectivity index (χ3v) is 5.47. The summed E-state index contributed by atoms with van der Waals surface area (Å²) in [7, 11) is -4.18. The molecule has 0 aliphatic rings. The molecule has 0 amide bonds. The van der Waals surface area contributed by atoms with Gasteiger partial charge in [-0.1, -0.05) is 6.07 Å². The minimum Gasteiger partial charge on any atom is -0.266 e. The first-order valence-corrected chi connectivity index (χ1v) is 8.35. The summed E-state index contributed by atoms with van der Waals surface area (Å²) in [6.45, 7) is 2.96. The lowest BCUT2D eigenvalue weighted by Crippen LogP contribution is -2.31. The van der Waals surface area contributed by atoms with Crippen LogP contribution in [0.1, 0.15) is 12.5 Å². The summed E-state index contributed by atoms with van der Waals surface area (Å²) in [5.74, 6) is -2.28. The predicted octanol–water partition coefficient (Wildman–Crippen LogP) is 3.40. The lowest BCUT2D eigenvalue weighted by atomic mass is 10.2. The zero-order valence-corrected chi connectivity index (χ0v) is 13.7. The summed E-state index contributed by atoms with van der Waals surface area (Å²) in [5.41, 5.74) is -0.135. The molecule has 0 heterocycles. The Morgan fingerprint density at radius 2 is 1.79 bits per heavy atom. The number of nitro groups is 1. The first kappa shape index (κ1) is 17.8. The second-order valence-corrected chi connectivity index (χ2v) is 6.81. The smallest absolute Gasteiger partial charge is 0.266 e. The highest BCUT2D eigenvalue weighted by molar-refractivity contribution is 7.92. The van der Waals surface area contributed by atoms with E-state index >= 15 is 0 Å². The van der Waals surface area contributed by atoms with Crippen LogP contribution in [-0.2, 0) is 10.0 Å². The van der Waals surface area contributed by atoms with Crippen molar-refractivity contribution in [2.24, 2.45) is 0 Å². The van der Waals surface area contributed by atoms with Crippen molar-refractivity contribution in [3.63, 3.8) is 0 Å². The maximum atomic E-state index is 13.4. The summed E-state index contributed by atoms with van der Waals surface area (Å²) in [6, 6.07) is 6.19. The Labute approximate surface area is 137 Å². The Bertz CT molecular complexity index is 900. The van der Waals surface area contributed by atoms with Crippen molar-refractivity contribution in [1.82, 2.24) is 0 Å². The SMILES string of the molecule is CCN(c1ccc(F)c(F)c1)S(=O)(=O)c1cc([N+](=O)[O-])ccc1C. The van der Waals surface area contributed by atoms with Gasteiger partial charge in [-0.2, -0.15) is 0 Å². The topological polar surface area (TPSA) is 80.5 Å². The monoisotopic (exact) mass is 356 g/mol. The Morgan fingerprint density at radius 3 is 2.33 bits per heavy atom. The molecule has 2 aromatic carbocycles. The van der Waals surface area contributed by atoms with Gasteiger partial charge in [0.05, 0.1) is 15.5 Å². The van der Waals surface area contributed by atoms with Gasteiger partial charge >= 0.3 is 0 Å². The minimum absolute atomic E-state index is 0.0600. The minimum atomic E-state index is -4.18. The number of nitro benzene ring substituents is 1. The molecule has 6 nitrogen and oxygen atoms in total. The molecular formula is C15H14F2N2O4S. The quantitative estimate of drug-likeness (QED) is 0.607. The molecule has 0 unspecified atom stereocenters. The Hall–Kier alpha value is -2.55. The number of sulfonamides is 1. The van der Waals surface area contributed by atoms with E-state index in [1.165, 1.54) is 26.0 Å². The van der Waals surface area contributed by atoms with Crippen molar-refractivity contribution in [2.75, 3.05) is 10.8 Å². The lowest BCUT2D eigenvalue weighted by molar-refractivity contribution is -0.385. The van der Waals surface area contributed by atoms with Gasteiger partial charge < -0.3 is 0 Å². The van der Waals surface area contributed by atoms with E-state index in [-0.39, 0.29) is 22.8 Å². The molecule has 0 N–H and O–H groups in total. The van der Waals surface area contributed by atoms with Gasteiger partial charge in [0.1, 0.15) is 0 Å². The highest BCUT2D eigenvalue weighted by Gasteiger charge is 2.27. The van der Waals surface area contributed by atoms with Crippen LogP contribution in [0.3, 0.4) is 0 Å². The molecule has 128 valence electrons. The van der Waals surface area contributed by atoms with E-state index in [1.54, 1.807) is 0 Å². The van der Waals surface area contributed by atoms with Crippen molar-refractivity contribution < 1.29 is 22.1 Å². The van der Waals surface area contributed by atoms with Gasteiger partial charge in [-0.25, -0.2) is 17.2 Å². The first-order valence-electron chi connectivity index (χ1n) is 6.91. The maximum Gasteiger partial charge on any atom is 0.270 e. The fourth-order valence-electron chi connectivity index (χ4n) is 2.23. The van der Waals surface area contributed by atoms with E-state index in [0.717, 1.165) is 28.6 Å². The summed E-state index contributed by atoms with van der Waals surface area (Å²) in [6.07, 6.45) is 0. The van der Waals surface area contributed by atoms with Crippen LogP contribution in [0.4, 0.5) is 20.2 Å². The number of non-ortho nitro benzene ring substituents is 1. The maximum absolute atomic E-state index is 13.4. The number of rotatable bonds is 5. The highest BCUT2D eigenvalue weighted by atomic mass is 32.2. The molecular weight excluding hydrogens is 342 g/mol. The zero-order chi connectivity index (χ0) is 18.1. The van der Waals surface area contributed by atoms with Crippen LogP contribution in [-0.4, -0.2) is 19.9 Å². The standard InChI is InChI=1S/C15H14F2N2O4S/c1-3-18(11-6-7-13(16)14(17)8-11)24(22,23)15-9-12(19(20)21)5-4-10(15)2/h4-9H,3H2,1-2H3. The molecule has 0 fully saturated rings. The summed E-state index contributed by atoms with van der Waals surface area (Å²) >= 11 is 0. The number of nitrogens with zero attached hydrogens (tertiary/aromatic N) is 2. The van der Waals surface area contributed by atoms with Crippen LogP contribution in [0.5, 0.6) is 0 Å². The number of aryl methyl sites for hydroxylation is 1. The Kier molecular flexibility index (Phi) is 4.83. The number of hydrogen-bond acceptors (Lipinski definition) is 4. The third kappa shape index (κ3) is 3.21. The zero-order valence-electron chi connectivity index (χ0n) is 12.9.